The van der Waals surface area contributed by atoms with Gasteiger partial charge in [0.15, 0.2) is 0 Å². The van der Waals surface area contributed by atoms with E-state index in [-0.39, 0.29) is 11.8 Å². The molecular formula is C23H21ClN2O2. The highest BCUT2D eigenvalue weighted by atomic mass is 35.5. The Labute approximate surface area is 169 Å². The van der Waals surface area contributed by atoms with Crippen LogP contribution in [0.15, 0.2) is 72.8 Å². The standard InChI is InChI=1S/C23H21ClN2O2/c1-16-7-5-6-10-20(16)26-23(28)18-12-13-19(24)21(15-18)25-22(27)14-11-17-8-3-2-4-9-17/h2-10,12-13,15H,11,14H2,1H3,(H,25,27)(H,26,28). The minimum absolute atomic E-state index is 0.151. The molecule has 0 radical (unpaired) electrons. The molecule has 0 spiro atoms. The summed E-state index contributed by atoms with van der Waals surface area (Å²) in [5.74, 6) is -0.409. The number of para-hydroxylation sites is 1. The highest BCUT2D eigenvalue weighted by Crippen LogP contribution is 2.24. The summed E-state index contributed by atoms with van der Waals surface area (Å²) in [6, 6.07) is 22.2. The largest absolute Gasteiger partial charge is 0.325 e. The first-order valence-electron chi connectivity index (χ1n) is 9.03. The molecule has 142 valence electrons. The van der Waals surface area contributed by atoms with Crippen LogP contribution in [0.3, 0.4) is 0 Å². The van der Waals surface area contributed by atoms with Crippen LogP contribution in [0.5, 0.6) is 0 Å². The van der Waals surface area contributed by atoms with Gasteiger partial charge < -0.3 is 10.6 Å². The van der Waals surface area contributed by atoms with E-state index in [9.17, 15) is 9.59 Å². The fourth-order valence-electron chi connectivity index (χ4n) is 2.79. The molecule has 0 saturated heterocycles. The number of aryl methyl sites for hydroxylation is 2. The molecule has 0 aliphatic heterocycles. The van der Waals surface area contributed by atoms with E-state index < -0.39 is 0 Å². The van der Waals surface area contributed by atoms with Gasteiger partial charge in [-0.1, -0.05) is 60.1 Å². The van der Waals surface area contributed by atoms with Gasteiger partial charge in [0.25, 0.3) is 5.91 Å². The number of benzene rings is 3. The van der Waals surface area contributed by atoms with Crippen molar-refractivity contribution in [2.24, 2.45) is 0 Å². The molecule has 0 bridgehead atoms. The molecule has 28 heavy (non-hydrogen) atoms. The Morgan fingerprint density at radius 2 is 1.57 bits per heavy atom. The number of halogens is 1. The summed E-state index contributed by atoms with van der Waals surface area (Å²) in [6.45, 7) is 1.93. The summed E-state index contributed by atoms with van der Waals surface area (Å²) in [5, 5.41) is 6.07. The molecule has 3 aromatic carbocycles. The maximum Gasteiger partial charge on any atom is 0.255 e. The van der Waals surface area contributed by atoms with Crippen molar-refractivity contribution in [2.45, 2.75) is 19.8 Å². The zero-order valence-corrected chi connectivity index (χ0v) is 16.3. The molecule has 3 aromatic rings. The number of hydrogen-bond acceptors (Lipinski definition) is 2. The minimum atomic E-state index is -0.259. The van der Waals surface area contributed by atoms with E-state index in [1.165, 1.54) is 0 Å². The molecule has 3 rings (SSSR count). The van der Waals surface area contributed by atoms with Crippen molar-refractivity contribution in [1.82, 2.24) is 0 Å². The van der Waals surface area contributed by atoms with Gasteiger partial charge in [-0.3, -0.25) is 9.59 Å². The van der Waals surface area contributed by atoms with E-state index in [2.05, 4.69) is 10.6 Å². The van der Waals surface area contributed by atoms with Crippen LogP contribution in [0.4, 0.5) is 11.4 Å². The van der Waals surface area contributed by atoms with E-state index in [1.54, 1.807) is 18.2 Å². The average Bonchev–Trinajstić information content (AvgIpc) is 2.70. The van der Waals surface area contributed by atoms with E-state index in [4.69, 9.17) is 11.6 Å². The van der Waals surface area contributed by atoms with Gasteiger partial charge in [0.2, 0.25) is 5.91 Å². The lowest BCUT2D eigenvalue weighted by Crippen LogP contribution is -2.15. The van der Waals surface area contributed by atoms with E-state index in [1.807, 2.05) is 61.5 Å². The maximum absolute atomic E-state index is 12.6. The molecule has 0 unspecified atom stereocenters. The summed E-state index contributed by atoms with van der Waals surface area (Å²) in [6.07, 6.45) is 0.970. The van der Waals surface area contributed by atoms with Gasteiger partial charge >= 0.3 is 0 Å². The van der Waals surface area contributed by atoms with Gasteiger partial charge in [0, 0.05) is 17.7 Å². The molecule has 2 amide bonds. The third kappa shape index (κ3) is 5.21. The molecular weight excluding hydrogens is 372 g/mol. The molecule has 0 aliphatic carbocycles. The van der Waals surface area contributed by atoms with Crippen LogP contribution < -0.4 is 10.6 Å². The number of rotatable bonds is 6. The minimum Gasteiger partial charge on any atom is -0.325 e. The monoisotopic (exact) mass is 392 g/mol. The molecule has 0 aromatic heterocycles. The molecule has 0 aliphatic rings. The average molecular weight is 393 g/mol. The maximum atomic E-state index is 12.6. The van der Waals surface area contributed by atoms with Crippen molar-refractivity contribution in [3.63, 3.8) is 0 Å². The Kier molecular flexibility index (Phi) is 6.45. The normalized spacial score (nSPS) is 10.4. The van der Waals surface area contributed by atoms with Crippen LogP contribution in [0.1, 0.15) is 27.9 Å². The molecule has 2 N–H and O–H groups in total. The summed E-state index contributed by atoms with van der Waals surface area (Å²) in [5.41, 5.74) is 3.66. The fraction of sp³-hybridized carbons (Fsp3) is 0.130. The van der Waals surface area contributed by atoms with Crippen LogP contribution in [0, 0.1) is 6.92 Å². The van der Waals surface area contributed by atoms with Crippen molar-refractivity contribution in [3.05, 3.63) is 94.5 Å². The molecule has 0 atom stereocenters. The number of amides is 2. The van der Waals surface area contributed by atoms with Crippen molar-refractivity contribution in [3.8, 4) is 0 Å². The summed E-state index contributed by atoms with van der Waals surface area (Å²) < 4.78 is 0. The fourth-order valence-corrected chi connectivity index (χ4v) is 2.95. The number of carbonyl (C=O) groups is 2. The van der Waals surface area contributed by atoms with Crippen LogP contribution in [-0.4, -0.2) is 11.8 Å². The van der Waals surface area contributed by atoms with E-state index >= 15 is 0 Å². The molecule has 0 saturated carbocycles. The van der Waals surface area contributed by atoms with Crippen molar-refractivity contribution in [1.29, 1.82) is 0 Å². The van der Waals surface area contributed by atoms with Crippen molar-refractivity contribution >= 4 is 34.8 Å². The topological polar surface area (TPSA) is 58.2 Å². The van der Waals surface area contributed by atoms with Crippen molar-refractivity contribution in [2.75, 3.05) is 10.6 Å². The summed E-state index contributed by atoms with van der Waals surface area (Å²) >= 11 is 6.20. The van der Waals surface area contributed by atoms with Gasteiger partial charge in [-0.2, -0.15) is 0 Å². The van der Waals surface area contributed by atoms with Gasteiger partial charge in [-0.25, -0.2) is 0 Å². The second-order valence-electron chi connectivity index (χ2n) is 6.50. The van der Waals surface area contributed by atoms with E-state index in [0.29, 0.717) is 29.1 Å². The second-order valence-corrected chi connectivity index (χ2v) is 6.90. The Bertz CT molecular complexity index is 987. The number of nitrogens with one attached hydrogen (secondary N) is 2. The van der Waals surface area contributed by atoms with Crippen LogP contribution in [0.2, 0.25) is 5.02 Å². The smallest absolute Gasteiger partial charge is 0.255 e. The number of hydrogen-bond donors (Lipinski definition) is 2. The van der Waals surface area contributed by atoms with Gasteiger partial charge in [-0.05, 0) is 48.7 Å². The predicted molar refractivity (Wildman–Crippen MR) is 114 cm³/mol. The van der Waals surface area contributed by atoms with Crippen molar-refractivity contribution < 1.29 is 9.59 Å². The summed E-state index contributed by atoms with van der Waals surface area (Å²) in [7, 11) is 0. The first kappa shape index (κ1) is 19.6. The third-order valence-corrected chi connectivity index (χ3v) is 4.71. The highest BCUT2D eigenvalue weighted by Gasteiger charge is 2.12. The van der Waals surface area contributed by atoms with E-state index in [0.717, 1.165) is 16.8 Å². The molecule has 4 nitrogen and oxygen atoms in total. The Morgan fingerprint density at radius 3 is 2.32 bits per heavy atom. The highest BCUT2D eigenvalue weighted by molar-refractivity contribution is 6.34. The van der Waals surface area contributed by atoms with Crippen LogP contribution in [0.25, 0.3) is 0 Å². The Balaban J connectivity index is 1.66. The zero-order valence-electron chi connectivity index (χ0n) is 15.5. The Morgan fingerprint density at radius 1 is 0.857 bits per heavy atom. The Hall–Kier alpha value is -3.11. The zero-order chi connectivity index (χ0) is 19.9. The van der Waals surface area contributed by atoms with Gasteiger partial charge in [0.05, 0.1) is 10.7 Å². The molecule has 0 fully saturated rings. The molecule has 0 heterocycles. The predicted octanol–water partition coefficient (Wildman–Crippen LogP) is 5.47. The lowest BCUT2D eigenvalue weighted by molar-refractivity contribution is -0.116. The van der Waals surface area contributed by atoms with Gasteiger partial charge in [0.1, 0.15) is 0 Å². The quantitative estimate of drug-likeness (QED) is 0.584. The lowest BCUT2D eigenvalue weighted by atomic mass is 10.1. The van der Waals surface area contributed by atoms with Crippen LogP contribution in [-0.2, 0) is 11.2 Å². The lowest BCUT2D eigenvalue weighted by Gasteiger charge is -2.11. The first-order chi connectivity index (χ1) is 13.5. The molecule has 5 heteroatoms. The first-order valence-corrected chi connectivity index (χ1v) is 9.41. The third-order valence-electron chi connectivity index (χ3n) is 4.38. The van der Waals surface area contributed by atoms with Crippen LogP contribution >= 0.6 is 11.6 Å². The van der Waals surface area contributed by atoms with Gasteiger partial charge in [-0.15, -0.1) is 0 Å². The second kappa shape index (κ2) is 9.20. The number of anilines is 2. The summed E-state index contributed by atoms with van der Waals surface area (Å²) in [4.78, 5) is 24.8. The SMILES string of the molecule is Cc1ccccc1NC(=O)c1ccc(Cl)c(NC(=O)CCc2ccccc2)c1. The number of carbonyl (C=O) groups excluding carboxylic acids is 2.